The van der Waals surface area contributed by atoms with Crippen LogP contribution >= 0.6 is 0 Å². The molecular weight excluding hydrogens is 285 g/mol. The molecule has 0 radical (unpaired) electrons. The molecule has 7 heteroatoms. The zero-order valence-electron chi connectivity index (χ0n) is 10.7. The smallest absolute Gasteiger partial charge is 0.170 e. The molecule has 110 valence electrons. The summed E-state index contributed by atoms with van der Waals surface area (Å²) >= 11 is 0. The summed E-state index contributed by atoms with van der Waals surface area (Å²) in [6.45, 7) is -0.258. The molecule has 4 nitrogen and oxygen atoms in total. The molecule has 0 amide bonds. The van der Waals surface area contributed by atoms with Crippen molar-refractivity contribution in [1.29, 1.82) is 0 Å². The highest BCUT2D eigenvalue weighted by atomic mass is 19.1. The molecule has 21 heavy (non-hydrogen) atoms. The van der Waals surface area contributed by atoms with E-state index in [0.29, 0.717) is 0 Å². The Morgan fingerprint density at radius 2 is 1.86 bits per heavy atom. The van der Waals surface area contributed by atoms with Crippen molar-refractivity contribution in [2.75, 3.05) is 0 Å². The predicted octanol–water partition coefficient (Wildman–Crippen LogP) is 2.78. The lowest BCUT2D eigenvalue weighted by molar-refractivity contribution is 0.284. The van der Waals surface area contributed by atoms with Gasteiger partial charge in [0, 0.05) is 17.2 Å². The number of nitrogens with two attached hydrogens (primary N) is 1. The molecule has 0 heterocycles. The van der Waals surface area contributed by atoms with Gasteiger partial charge in [-0.3, -0.25) is 0 Å². The molecule has 0 bridgehead atoms. The van der Waals surface area contributed by atoms with Gasteiger partial charge in [-0.25, -0.2) is 13.2 Å². The third-order valence-corrected chi connectivity index (χ3v) is 2.73. The van der Waals surface area contributed by atoms with Crippen LogP contribution in [0.1, 0.15) is 11.1 Å². The second-order valence-electron chi connectivity index (χ2n) is 4.15. The van der Waals surface area contributed by atoms with E-state index in [1.165, 1.54) is 18.2 Å². The number of amidine groups is 1. The fourth-order valence-electron chi connectivity index (χ4n) is 1.63. The van der Waals surface area contributed by atoms with Crippen LogP contribution in [0.25, 0.3) is 0 Å². The number of hydrogen-bond donors (Lipinski definition) is 2. The van der Waals surface area contributed by atoms with Gasteiger partial charge in [0.2, 0.25) is 0 Å². The van der Waals surface area contributed by atoms with E-state index in [4.69, 9.17) is 15.7 Å². The Hall–Kier alpha value is -2.70. The van der Waals surface area contributed by atoms with E-state index in [-0.39, 0.29) is 29.3 Å². The first-order valence-corrected chi connectivity index (χ1v) is 5.85. The van der Waals surface area contributed by atoms with Crippen molar-refractivity contribution in [3.05, 3.63) is 65.0 Å². The van der Waals surface area contributed by atoms with Gasteiger partial charge in [-0.2, -0.15) is 0 Å². The molecule has 2 rings (SSSR count). The maximum absolute atomic E-state index is 13.7. The number of benzene rings is 2. The summed E-state index contributed by atoms with van der Waals surface area (Å²) in [6, 6.07) is 6.69. The maximum Gasteiger partial charge on any atom is 0.170 e. The molecule has 0 fully saturated rings. The molecule has 0 atom stereocenters. The van der Waals surface area contributed by atoms with E-state index in [9.17, 15) is 13.2 Å². The molecule has 0 aromatic heterocycles. The van der Waals surface area contributed by atoms with Crippen LogP contribution in [-0.4, -0.2) is 11.0 Å². The van der Waals surface area contributed by atoms with Crippen molar-refractivity contribution >= 4 is 5.84 Å². The lowest BCUT2D eigenvalue weighted by atomic mass is 10.2. The number of hydrogen-bond acceptors (Lipinski definition) is 3. The number of oxime groups is 1. The zero-order chi connectivity index (χ0) is 15.4. The maximum atomic E-state index is 13.7. The highest BCUT2D eigenvalue weighted by Gasteiger charge is 2.09. The second-order valence-corrected chi connectivity index (χ2v) is 4.15. The van der Waals surface area contributed by atoms with Gasteiger partial charge in [0.25, 0.3) is 0 Å². The Morgan fingerprint density at radius 1 is 1.10 bits per heavy atom. The van der Waals surface area contributed by atoms with Crippen LogP contribution in [0.4, 0.5) is 13.2 Å². The average Bonchev–Trinajstić information content (AvgIpc) is 2.46. The highest BCUT2D eigenvalue weighted by Crippen LogP contribution is 2.20. The van der Waals surface area contributed by atoms with Crippen LogP contribution in [0.15, 0.2) is 41.6 Å². The van der Waals surface area contributed by atoms with E-state index in [2.05, 4.69) is 5.16 Å². The molecule has 2 aromatic rings. The molecule has 0 aliphatic heterocycles. The fraction of sp³-hybridized carbons (Fsp3) is 0.0714. The molecule has 0 spiro atoms. The first kappa shape index (κ1) is 14.7. The normalized spacial score (nSPS) is 11.5. The van der Waals surface area contributed by atoms with Crippen molar-refractivity contribution in [2.24, 2.45) is 10.9 Å². The minimum atomic E-state index is -0.774. The van der Waals surface area contributed by atoms with E-state index in [0.717, 1.165) is 18.2 Å². The third-order valence-electron chi connectivity index (χ3n) is 2.73. The Kier molecular flexibility index (Phi) is 4.32. The van der Waals surface area contributed by atoms with Gasteiger partial charge in [-0.05, 0) is 30.3 Å². The molecule has 3 N–H and O–H groups in total. The molecule has 0 saturated heterocycles. The lowest BCUT2D eigenvalue weighted by Gasteiger charge is -2.09. The largest absolute Gasteiger partial charge is 0.486 e. The summed E-state index contributed by atoms with van der Waals surface area (Å²) in [5, 5.41) is 11.2. The molecule has 0 saturated carbocycles. The Bertz CT molecular complexity index is 690. The molecule has 0 aliphatic carbocycles. The van der Waals surface area contributed by atoms with Crippen molar-refractivity contribution in [3.8, 4) is 5.75 Å². The van der Waals surface area contributed by atoms with E-state index in [1.54, 1.807) is 0 Å². The van der Waals surface area contributed by atoms with Crippen LogP contribution < -0.4 is 10.5 Å². The third kappa shape index (κ3) is 3.44. The van der Waals surface area contributed by atoms with Gasteiger partial charge in [-0.15, -0.1) is 0 Å². The van der Waals surface area contributed by atoms with Crippen molar-refractivity contribution < 1.29 is 23.1 Å². The minimum Gasteiger partial charge on any atom is -0.486 e. The van der Waals surface area contributed by atoms with Gasteiger partial charge in [-0.1, -0.05) is 5.16 Å². The topological polar surface area (TPSA) is 67.8 Å². The summed E-state index contributed by atoms with van der Waals surface area (Å²) < 4.78 is 45.0. The molecule has 0 unspecified atom stereocenters. The standard InChI is InChI=1S/C14H11F3N2O2/c15-10-3-1-9(11(16)6-10)7-21-13-4-2-8(5-12(13)17)14(18)19-20/h1-6,20H,7H2,(H2,18,19). The molecule has 2 aromatic carbocycles. The SMILES string of the molecule is N/C(=N/O)c1ccc(OCc2ccc(F)cc2F)c(F)c1. The van der Waals surface area contributed by atoms with Gasteiger partial charge in [0.15, 0.2) is 17.4 Å². The second kappa shape index (κ2) is 6.17. The van der Waals surface area contributed by atoms with Gasteiger partial charge >= 0.3 is 0 Å². The van der Waals surface area contributed by atoms with E-state index in [1.807, 2.05) is 0 Å². The number of halogens is 3. The van der Waals surface area contributed by atoms with Crippen LogP contribution in [0.3, 0.4) is 0 Å². The average molecular weight is 296 g/mol. The minimum absolute atomic E-state index is 0.0938. The van der Waals surface area contributed by atoms with Crippen molar-refractivity contribution in [1.82, 2.24) is 0 Å². The number of nitrogens with zero attached hydrogens (tertiary/aromatic N) is 1. The molecular formula is C14H11F3N2O2. The molecule has 0 aliphatic rings. The van der Waals surface area contributed by atoms with Crippen LogP contribution in [0.5, 0.6) is 5.75 Å². The Morgan fingerprint density at radius 3 is 2.48 bits per heavy atom. The quantitative estimate of drug-likeness (QED) is 0.394. The van der Waals surface area contributed by atoms with Crippen molar-refractivity contribution in [2.45, 2.75) is 6.61 Å². The van der Waals surface area contributed by atoms with Gasteiger partial charge < -0.3 is 15.7 Å². The summed E-state index contributed by atoms with van der Waals surface area (Å²) in [4.78, 5) is 0. The van der Waals surface area contributed by atoms with Crippen LogP contribution in [0, 0.1) is 17.5 Å². The summed E-state index contributed by atoms with van der Waals surface area (Å²) in [6.07, 6.45) is 0. The predicted molar refractivity (Wildman–Crippen MR) is 69.6 cm³/mol. The Balaban J connectivity index is 2.13. The summed E-state index contributed by atoms with van der Waals surface area (Å²) in [5.74, 6) is -2.60. The first-order chi connectivity index (χ1) is 10.0. The van der Waals surface area contributed by atoms with Crippen molar-refractivity contribution in [3.63, 3.8) is 0 Å². The van der Waals surface area contributed by atoms with Gasteiger partial charge in [0.05, 0.1) is 0 Å². The summed E-state index contributed by atoms with van der Waals surface area (Å²) in [5.41, 5.74) is 5.59. The monoisotopic (exact) mass is 296 g/mol. The zero-order valence-corrected chi connectivity index (χ0v) is 10.7. The van der Waals surface area contributed by atoms with E-state index >= 15 is 0 Å². The lowest BCUT2D eigenvalue weighted by Crippen LogP contribution is -2.13. The fourth-order valence-corrected chi connectivity index (χ4v) is 1.63. The highest BCUT2D eigenvalue weighted by molar-refractivity contribution is 5.97. The van der Waals surface area contributed by atoms with Crippen LogP contribution in [0.2, 0.25) is 0 Å². The van der Waals surface area contributed by atoms with Crippen LogP contribution in [-0.2, 0) is 6.61 Å². The number of ether oxygens (including phenoxy) is 1. The van der Waals surface area contributed by atoms with E-state index < -0.39 is 17.5 Å². The van der Waals surface area contributed by atoms with Gasteiger partial charge in [0.1, 0.15) is 18.2 Å². The summed E-state index contributed by atoms with van der Waals surface area (Å²) in [7, 11) is 0. The first-order valence-electron chi connectivity index (χ1n) is 5.85. The Labute approximate surface area is 118 Å². The number of rotatable bonds is 4.